The monoisotopic (exact) mass is 398 g/mol. The van der Waals surface area contributed by atoms with Gasteiger partial charge in [-0.25, -0.2) is 0 Å². The molecule has 146 valence electrons. The van der Waals surface area contributed by atoms with Gasteiger partial charge in [-0.15, -0.1) is 0 Å². The highest BCUT2D eigenvalue weighted by molar-refractivity contribution is 6.34. The second-order valence-electron chi connectivity index (χ2n) is 6.18. The van der Waals surface area contributed by atoms with Gasteiger partial charge in [-0.3, -0.25) is 4.79 Å². The van der Waals surface area contributed by atoms with Crippen molar-refractivity contribution in [3.8, 4) is 0 Å². The van der Waals surface area contributed by atoms with Crippen molar-refractivity contribution in [2.75, 3.05) is 13.1 Å². The van der Waals surface area contributed by atoms with Gasteiger partial charge in [-0.1, -0.05) is 60.5 Å². The summed E-state index contributed by atoms with van der Waals surface area (Å²) in [4.78, 5) is 12.0. The Hall–Kier alpha value is -2.05. The topological polar surface area (TPSA) is 41.1 Å². The van der Waals surface area contributed by atoms with Gasteiger partial charge in [0.1, 0.15) is 0 Å². The van der Waals surface area contributed by atoms with Crippen molar-refractivity contribution in [1.29, 1.82) is 0 Å². The molecule has 0 spiro atoms. The van der Waals surface area contributed by atoms with Gasteiger partial charge in [0.15, 0.2) is 0 Å². The number of amides is 1. The third-order valence-corrected chi connectivity index (χ3v) is 4.54. The lowest BCUT2D eigenvalue weighted by Crippen LogP contribution is -2.43. The van der Waals surface area contributed by atoms with E-state index < -0.39 is 22.7 Å². The molecule has 1 aliphatic heterocycles. The van der Waals surface area contributed by atoms with Gasteiger partial charge < -0.3 is 10.6 Å². The minimum Gasteiger partial charge on any atom is -0.350 e. The predicted molar refractivity (Wildman–Crippen MR) is 101 cm³/mol. The summed E-state index contributed by atoms with van der Waals surface area (Å²) in [7, 11) is 0. The van der Waals surface area contributed by atoms with Crippen LogP contribution in [0.3, 0.4) is 0 Å². The van der Waals surface area contributed by atoms with Gasteiger partial charge in [-0.2, -0.15) is 13.2 Å². The first-order valence-electron chi connectivity index (χ1n) is 8.77. The highest BCUT2D eigenvalue weighted by Gasteiger charge is 2.34. The molecule has 3 nitrogen and oxygen atoms in total. The van der Waals surface area contributed by atoms with Crippen LogP contribution in [0.4, 0.5) is 13.2 Å². The SMILES string of the molecule is O=C(NCC1CCCCN1)c1cccc(C(F)(F)F)c1Cl.c1ccccc1. The Kier molecular flexibility index (Phi) is 8.13. The smallest absolute Gasteiger partial charge is 0.350 e. The Morgan fingerprint density at radius 1 is 1.07 bits per heavy atom. The first-order chi connectivity index (χ1) is 12.9. The van der Waals surface area contributed by atoms with Crippen molar-refractivity contribution in [2.45, 2.75) is 31.5 Å². The molecule has 1 atom stereocenters. The molecule has 1 aliphatic rings. The lowest BCUT2D eigenvalue weighted by molar-refractivity contribution is -0.137. The number of piperidine rings is 1. The summed E-state index contributed by atoms with van der Waals surface area (Å²) in [6, 6.07) is 15.5. The van der Waals surface area contributed by atoms with Gasteiger partial charge in [0, 0.05) is 12.6 Å². The molecule has 0 aromatic heterocycles. The number of carbonyl (C=O) groups is 1. The van der Waals surface area contributed by atoms with Crippen LogP contribution in [0.5, 0.6) is 0 Å². The molecule has 0 radical (unpaired) electrons. The fourth-order valence-corrected chi connectivity index (χ4v) is 3.04. The summed E-state index contributed by atoms with van der Waals surface area (Å²) in [5, 5.41) is 5.33. The summed E-state index contributed by atoms with van der Waals surface area (Å²) in [5.74, 6) is -0.585. The van der Waals surface area contributed by atoms with Gasteiger partial charge in [0.2, 0.25) is 0 Å². The normalized spacial score (nSPS) is 16.8. The Morgan fingerprint density at radius 2 is 1.70 bits per heavy atom. The maximum atomic E-state index is 12.7. The fraction of sp³-hybridized carbons (Fsp3) is 0.350. The molecule has 0 aliphatic carbocycles. The van der Waals surface area contributed by atoms with Crippen LogP contribution in [-0.2, 0) is 6.18 Å². The zero-order chi connectivity index (χ0) is 19.7. The zero-order valence-electron chi connectivity index (χ0n) is 14.7. The maximum Gasteiger partial charge on any atom is 0.417 e. The number of alkyl halides is 3. The molecular weight excluding hydrogens is 377 g/mol. The van der Waals surface area contributed by atoms with Crippen molar-refractivity contribution in [3.05, 3.63) is 70.7 Å². The van der Waals surface area contributed by atoms with E-state index in [1.165, 1.54) is 12.1 Å². The zero-order valence-corrected chi connectivity index (χ0v) is 15.5. The van der Waals surface area contributed by atoms with Crippen LogP contribution in [0.2, 0.25) is 5.02 Å². The highest BCUT2D eigenvalue weighted by Crippen LogP contribution is 2.36. The fourth-order valence-electron chi connectivity index (χ4n) is 2.72. The van der Waals surface area contributed by atoms with Gasteiger partial charge in [0.25, 0.3) is 5.91 Å². The summed E-state index contributed by atoms with van der Waals surface area (Å²) < 4.78 is 38.2. The molecule has 2 N–H and O–H groups in total. The third-order valence-electron chi connectivity index (χ3n) is 4.14. The van der Waals surface area contributed by atoms with Crippen LogP contribution in [0.1, 0.15) is 35.2 Å². The summed E-state index contributed by atoms with van der Waals surface area (Å²) in [5.41, 5.74) is -1.14. The molecule has 1 unspecified atom stereocenters. The van der Waals surface area contributed by atoms with Gasteiger partial charge in [-0.05, 0) is 31.5 Å². The number of benzene rings is 2. The van der Waals surface area contributed by atoms with E-state index in [0.717, 1.165) is 31.9 Å². The quantitative estimate of drug-likeness (QED) is 0.770. The molecule has 2 aromatic rings. The van der Waals surface area contributed by atoms with Gasteiger partial charge in [0.05, 0.1) is 16.1 Å². The molecule has 0 bridgehead atoms. The standard InChI is InChI=1S/C14H16ClF3N2O.C6H6/c15-12-10(5-3-6-11(12)14(16,17)18)13(21)20-8-9-4-1-2-7-19-9;1-2-4-6-5-3-1/h3,5-6,9,19H,1-2,4,7-8H2,(H,20,21);1-6H. The predicted octanol–water partition coefficient (Wildman–Crippen LogP) is 4.92. The Morgan fingerprint density at radius 3 is 2.22 bits per heavy atom. The van der Waals surface area contributed by atoms with Crippen molar-refractivity contribution < 1.29 is 18.0 Å². The molecule has 1 heterocycles. The maximum absolute atomic E-state index is 12.7. The molecule has 1 fully saturated rings. The Bertz CT molecular complexity index is 690. The van der Waals surface area contributed by atoms with E-state index in [-0.39, 0.29) is 11.6 Å². The van der Waals surface area contributed by atoms with Gasteiger partial charge >= 0.3 is 6.18 Å². The first kappa shape index (κ1) is 21.3. The first-order valence-corrected chi connectivity index (χ1v) is 9.14. The van der Waals surface area contributed by atoms with E-state index in [4.69, 9.17) is 11.6 Å². The van der Waals surface area contributed by atoms with Crippen LogP contribution in [0.15, 0.2) is 54.6 Å². The lowest BCUT2D eigenvalue weighted by Gasteiger charge is -2.23. The molecule has 3 rings (SSSR count). The number of nitrogens with one attached hydrogen (secondary N) is 2. The third kappa shape index (κ3) is 6.88. The van der Waals surface area contributed by atoms with Crippen molar-refractivity contribution in [1.82, 2.24) is 10.6 Å². The molecule has 27 heavy (non-hydrogen) atoms. The Labute approximate surface area is 161 Å². The minimum atomic E-state index is -4.57. The number of hydrogen-bond acceptors (Lipinski definition) is 2. The largest absolute Gasteiger partial charge is 0.417 e. The van der Waals surface area contributed by atoms with E-state index in [1.54, 1.807) is 0 Å². The lowest BCUT2D eigenvalue weighted by atomic mass is 10.0. The second kappa shape index (κ2) is 10.3. The van der Waals surface area contributed by atoms with Crippen LogP contribution in [0, 0.1) is 0 Å². The number of rotatable bonds is 3. The molecular formula is C20H22ClF3N2O. The summed E-state index contributed by atoms with van der Waals surface area (Å²) >= 11 is 5.71. The van der Waals surface area contributed by atoms with E-state index in [9.17, 15) is 18.0 Å². The molecule has 2 aromatic carbocycles. The van der Waals surface area contributed by atoms with Crippen molar-refractivity contribution >= 4 is 17.5 Å². The van der Waals surface area contributed by atoms with E-state index >= 15 is 0 Å². The van der Waals surface area contributed by atoms with Crippen LogP contribution in [0.25, 0.3) is 0 Å². The van der Waals surface area contributed by atoms with Crippen LogP contribution in [-0.4, -0.2) is 25.0 Å². The second-order valence-corrected chi connectivity index (χ2v) is 6.55. The average molecular weight is 399 g/mol. The highest BCUT2D eigenvalue weighted by atomic mass is 35.5. The van der Waals surface area contributed by atoms with Crippen LogP contribution < -0.4 is 10.6 Å². The summed E-state index contributed by atoms with van der Waals surface area (Å²) in [6.07, 6.45) is -1.45. The Balaban J connectivity index is 0.000000369. The van der Waals surface area contributed by atoms with E-state index in [0.29, 0.717) is 6.54 Å². The number of carbonyl (C=O) groups excluding carboxylic acids is 1. The molecule has 0 saturated carbocycles. The number of halogens is 4. The van der Waals surface area contributed by atoms with E-state index in [1.807, 2.05) is 36.4 Å². The molecule has 1 amide bonds. The van der Waals surface area contributed by atoms with Crippen molar-refractivity contribution in [2.24, 2.45) is 0 Å². The van der Waals surface area contributed by atoms with Crippen LogP contribution >= 0.6 is 11.6 Å². The van der Waals surface area contributed by atoms with E-state index in [2.05, 4.69) is 10.6 Å². The molecule has 7 heteroatoms. The average Bonchev–Trinajstić information content (AvgIpc) is 2.68. The van der Waals surface area contributed by atoms with Crippen molar-refractivity contribution in [3.63, 3.8) is 0 Å². The minimum absolute atomic E-state index is 0.151. The number of hydrogen-bond donors (Lipinski definition) is 2. The summed E-state index contributed by atoms with van der Waals surface area (Å²) in [6.45, 7) is 1.27. The molecule has 1 saturated heterocycles.